The maximum atomic E-state index is 11.8. The largest absolute Gasteiger partial charge is 0.339 e. The van der Waals surface area contributed by atoms with Crippen molar-refractivity contribution in [2.75, 3.05) is 26.7 Å². The number of likely N-dealkylation sites (tertiary alicyclic amines) is 2. The van der Waals surface area contributed by atoms with Crippen LogP contribution < -0.4 is 0 Å². The van der Waals surface area contributed by atoms with Crippen molar-refractivity contribution >= 4 is 5.91 Å². The molecule has 1 atom stereocenters. The standard InChI is InChI=1S/C12H20N2O/c1-3-10-8-12(15)14(9-10)11-4-6-13(2)7-5-11/h3,10-11H,1,4-9H2,2H3. The number of amides is 1. The molecule has 2 rings (SSSR count). The van der Waals surface area contributed by atoms with Gasteiger partial charge in [0.2, 0.25) is 5.91 Å². The van der Waals surface area contributed by atoms with E-state index in [-0.39, 0.29) is 0 Å². The second-order valence-electron chi connectivity index (χ2n) is 4.78. The van der Waals surface area contributed by atoms with Crippen LogP contribution >= 0.6 is 0 Å². The molecule has 2 fully saturated rings. The summed E-state index contributed by atoms with van der Waals surface area (Å²) in [5.74, 6) is 0.714. The maximum Gasteiger partial charge on any atom is 0.223 e. The van der Waals surface area contributed by atoms with Crippen molar-refractivity contribution in [1.29, 1.82) is 0 Å². The molecule has 15 heavy (non-hydrogen) atoms. The Balaban J connectivity index is 1.93. The van der Waals surface area contributed by atoms with E-state index >= 15 is 0 Å². The zero-order valence-corrected chi connectivity index (χ0v) is 9.48. The third-order valence-electron chi connectivity index (χ3n) is 3.65. The Kier molecular flexibility index (Phi) is 3.10. The number of nitrogens with zero attached hydrogens (tertiary/aromatic N) is 2. The number of hydrogen-bond donors (Lipinski definition) is 0. The van der Waals surface area contributed by atoms with Gasteiger partial charge in [-0.25, -0.2) is 0 Å². The van der Waals surface area contributed by atoms with E-state index < -0.39 is 0 Å². The van der Waals surface area contributed by atoms with Crippen LogP contribution in [0.15, 0.2) is 12.7 Å². The first-order chi connectivity index (χ1) is 7.20. The summed E-state index contributed by atoms with van der Waals surface area (Å²) < 4.78 is 0. The summed E-state index contributed by atoms with van der Waals surface area (Å²) in [6.07, 6.45) is 4.86. The summed E-state index contributed by atoms with van der Waals surface area (Å²) in [5.41, 5.74) is 0. The lowest BCUT2D eigenvalue weighted by Gasteiger charge is -2.35. The fourth-order valence-corrected chi connectivity index (χ4v) is 2.58. The molecule has 2 aliphatic rings. The van der Waals surface area contributed by atoms with E-state index in [2.05, 4.69) is 23.4 Å². The molecule has 1 unspecified atom stereocenters. The monoisotopic (exact) mass is 208 g/mol. The van der Waals surface area contributed by atoms with Crippen LogP contribution in [0.3, 0.4) is 0 Å². The fraction of sp³-hybridized carbons (Fsp3) is 0.750. The molecule has 3 nitrogen and oxygen atoms in total. The molecule has 1 amide bonds. The molecule has 0 spiro atoms. The number of rotatable bonds is 2. The lowest BCUT2D eigenvalue weighted by atomic mass is 10.0. The molecule has 2 aliphatic heterocycles. The Labute approximate surface area is 91.7 Å². The molecule has 0 saturated carbocycles. The number of piperidine rings is 1. The third kappa shape index (κ3) is 2.23. The van der Waals surface area contributed by atoms with Crippen LogP contribution in [-0.4, -0.2) is 48.4 Å². The molecule has 0 N–H and O–H groups in total. The molecule has 3 heteroatoms. The molecule has 0 aliphatic carbocycles. The normalized spacial score (nSPS) is 29.8. The molecular weight excluding hydrogens is 188 g/mol. The first-order valence-corrected chi connectivity index (χ1v) is 5.81. The highest BCUT2D eigenvalue weighted by molar-refractivity contribution is 5.79. The van der Waals surface area contributed by atoms with Crippen molar-refractivity contribution in [2.24, 2.45) is 5.92 Å². The van der Waals surface area contributed by atoms with Gasteiger partial charge in [-0.3, -0.25) is 4.79 Å². The minimum absolute atomic E-state index is 0.328. The SMILES string of the molecule is C=CC1CC(=O)N(C2CCN(C)CC2)C1. The summed E-state index contributed by atoms with van der Waals surface area (Å²) in [4.78, 5) is 16.2. The second kappa shape index (κ2) is 4.35. The Morgan fingerprint density at radius 3 is 2.60 bits per heavy atom. The Hall–Kier alpha value is -0.830. The molecule has 84 valence electrons. The molecule has 0 aromatic carbocycles. The van der Waals surface area contributed by atoms with Crippen molar-refractivity contribution in [3.05, 3.63) is 12.7 Å². The molecule has 0 bridgehead atoms. The van der Waals surface area contributed by atoms with Crippen LogP contribution in [0.1, 0.15) is 19.3 Å². The van der Waals surface area contributed by atoms with Gasteiger partial charge in [-0.05, 0) is 33.0 Å². The van der Waals surface area contributed by atoms with E-state index in [1.807, 2.05) is 6.08 Å². The van der Waals surface area contributed by atoms with Crippen molar-refractivity contribution in [3.8, 4) is 0 Å². The van der Waals surface area contributed by atoms with Gasteiger partial charge in [-0.15, -0.1) is 6.58 Å². The minimum atomic E-state index is 0.328. The number of hydrogen-bond acceptors (Lipinski definition) is 2. The lowest BCUT2D eigenvalue weighted by molar-refractivity contribution is -0.130. The first-order valence-electron chi connectivity index (χ1n) is 5.81. The maximum absolute atomic E-state index is 11.8. The zero-order chi connectivity index (χ0) is 10.8. The number of carbonyl (C=O) groups excluding carboxylic acids is 1. The fourth-order valence-electron chi connectivity index (χ4n) is 2.58. The molecule has 2 saturated heterocycles. The highest BCUT2D eigenvalue weighted by Gasteiger charge is 2.33. The van der Waals surface area contributed by atoms with Crippen LogP contribution in [0.5, 0.6) is 0 Å². The Morgan fingerprint density at radius 2 is 2.07 bits per heavy atom. The summed E-state index contributed by atoms with van der Waals surface area (Å²) in [6.45, 7) is 6.92. The molecule has 0 aromatic heterocycles. The Morgan fingerprint density at radius 1 is 1.40 bits per heavy atom. The summed E-state index contributed by atoms with van der Waals surface area (Å²) in [6, 6.07) is 0.485. The van der Waals surface area contributed by atoms with E-state index in [4.69, 9.17) is 0 Å². The zero-order valence-electron chi connectivity index (χ0n) is 9.48. The van der Waals surface area contributed by atoms with Crippen LogP contribution in [0.4, 0.5) is 0 Å². The molecule has 0 radical (unpaired) electrons. The van der Waals surface area contributed by atoms with E-state index in [1.165, 1.54) is 0 Å². The van der Waals surface area contributed by atoms with Crippen LogP contribution in [-0.2, 0) is 4.79 Å². The van der Waals surface area contributed by atoms with Crippen LogP contribution in [0, 0.1) is 5.92 Å². The number of carbonyl (C=O) groups is 1. The van der Waals surface area contributed by atoms with Gasteiger partial charge in [-0.2, -0.15) is 0 Å². The molecule has 2 heterocycles. The van der Waals surface area contributed by atoms with Gasteiger partial charge in [0.1, 0.15) is 0 Å². The highest BCUT2D eigenvalue weighted by Crippen LogP contribution is 2.25. The van der Waals surface area contributed by atoms with Crippen LogP contribution in [0.25, 0.3) is 0 Å². The second-order valence-corrected chi connectivity index (χ2v) is 4.78. The van der Waals surface area contributed by atoms with Gasteiger partial charge in [0.25, 0.3) is 0 Å². The molecular formula is C12H20N2O. The summed E-state index contributed by atoms with van der Waals surface area (Å²) in [5, 5.41) is 0. The van der Waals surface area contributed by atoms with Crippen LogP contribution in [0.2, 0.25) is 0 Å². The van der Waals surface area contributed by atoms with Gasteiger partial charge in [0, 0.05) is 24.9 Å². The topological polar surface area (TPSA) is 23.6 Å². The first kappa shape index (κ1) is 10.7. The smallest absolute Gasteiger partial charge is 0.223 e. The average Bonchev–Trinajstić information content (AvgIpc) is 2.61. The summed E-state index contributed by atoms with van der Waals surface area (Å²) >= 11 is 0. The highest BCUT2D eigenvalue weighted by atomic mass is 16.2. The van der Waals surface area contributed by atoms with E-state index in [0.717, 1.165) is 32.5 Å². The summed E-state index contributed by atoms with van der Waals surface area (Å²) in [7, 11) is 2.15. The van der Waals surface area contributed by atoms with Gasteiger partial charge in [-0.1, -0.05) is 6.08 Å². The average molecular weight is 208 g/mol. The Bertz CT molecular complexity index is 256. The quantitative estimate of drug-likeness (QED) is 0.635. The minimum Gasteiger partial charge on any atom is -0.339 e. The van der Waals surface area contributed by atoms with Gasteiger partial charge < -0.3 is 9.80 Å². The van der Waals surface area contributed by atoms with Crippen molar-refractivity contribution in [1.82, 2.24) is 9.80 Å². The predicted molar refractivity (Wildman–Crippen MR) is 60.5 cm³/mol. The molecule has 0 aromatic rings. The van der Waals surface area contributed by atoms with E-state index in [1.54, 1.807) is 0 Å². The van der Waals surface area contributed by atoms with Gasteiger partial charge in [0.05, 0.1) is 0 Å². The van der Waals surface area contributed by atoms with Crippen molar-refractivity contribution < 1.29 is 4.79 Å². The van der Waals surface area contributed by atoms with Crippen molar-refractivity contribution in [2.45, 2.75) is 25.3 Å². The van der Waals surface area contributed by atoms with Gasteiger partial charge >= 0.3 is 0 Å². The van der Waals surface area contributed by atoms with Crippen molar-refractivity contribution in [3.63, 3.8) is 0 Å². The lowest BCUT2D eigenvalue weighted by Crippen LogP contribution is -2.44. The van der Waals surface area contributed by atoms with Gasteiger partial charge in [0.15, 0.2) is 0 Å². The van der Waals surface area contributed by atoms with E-state index in [0.29, 0.717) is 24.3 Å². The third-order valence-corrected chi connectivity index (χ3v) is 3.65. The predicted octanol–water partition coefficient (Wildman–Crippen LogP) is 1.12. The van der Waals surface area contributed by atoms with E-state index in [9.17, 15) is 4.79 Å².